The normalized spacial score (nSPS) is 39.5. The van der Waals surface area contributed by atoms with Crippen molar-refractivity contribution >= 4 is 5.91 Å². The van der Waals surface area contributed by atoms with Crippen molar-refractivity contribution in [1.82, 2.24) is 10.2 Å². The van der Waals surface area contributed by atoms with Gasteiger partial charge in [-0.2, -0.15) is 0 Å². The van der Waals surface area contributed by atoms with E-state index in [-0.39, 0.29) is 24.0 Å². The zero-order chi connectivity index (χ0) is 16.6. The third-order valence-corrected chi connectivity index (χ3v) is 5.64. The van der Waals surface area contributed by atoms with E-state index < -0.39 is 0 Å². The summed E-state index contributed by atoms with van der Waals surface area (Å²) in [5.74, 6) is 1.72. The molecule has 0 radical (unpaired) electrons. The van der Waals surface area contributed by atoms with Crippen molar-refractivity contribution < 1.29 is 14.3 Å². The molecule has 3 saturated heterocycles. The number of allylic oxidation sites excluding steroid dienone is 1. The Kier molecular flexibility index (Phi) is 4.78. The molecule has 128 valence electrons. The molecule has 6 unspecified atom stereocenters. The third-order valence-electron chi connectivity index (χ3n) is 5.64. The molecular formula is C18H28N2O3. The van der Waals surface area contributed by atoms with E-state index in [0.29, 0.717) is 11.8 Å². The summed E-state index contributed by atoms with van der Waals surface area (Å²) in [5.41, 5.74) is 1.01. The van der Waals surface area contributed by atoms with Crippen molar-refractivity contribution in [1.29, 1.82) is 0 Å². The summed E-state index contributed by atoms with van der Waals surface area (Å²) in [6.07, 6.45) is 4.82. The zero-order valence-corrected chi connectivity index (χ0v) is 14.5. The average Bonchev–Trinajstić information content (AvgIpc) is 2.54. The lowest BCUT2D eigenvalue weighted by molar-refractivity contribution is -0.129. The molecule has 23 heavy (non-hydrogen) atoms. The van der Waals surface area contributed by atoms with E-state index in [1.165, 1.54) is 13.0 Å². The van der Waals surface area contributed by atoms with Crippen LogP contribution in [0.1, 0.15) is 20.3 Å². The smallest absolute Gasteiger partial charge is 0.230 e. The van der Waals surface area contributed by atoms with Gasteiger partial charge in [0.1, 0.15) is 5.76 Å². The average molecular weight is 320 g/mol. The number of methoxy groups -OCH3 is 2. The highest BCUT2D eigenvalue weighted by Crippen LogP contribution is 2.33. The molecule has 6 atom stereocenters. The number of rotatable bonds is 4. The van der Waals surface area contributed by atoms with Gasteiger partial charge >= 0.3 is 0 Å². The summed E-state index contributed by atoms with van der Waals surface area (Å²) in [6.45, 7) is 7.58. The van der Waals surface area contributed by atoms with E-state index in [1.54, 1.807) is 14.2 Å². The topological polar surface area (TPSA) is 50.8 Å². The van der Waals surface area contributed by atoms with Gasteiger partial charge in [-0.3, -0.25) is 4.79 Å². The van der Waals surface area contributed by atoms with Gasteiger partial charge in [0.25, 0.3) is 0 Å². The number of carbonyl (C=O) groups excluding carboxylic acids is 1. The van der Waals surface area contributed by atoms with Gasteiger partial charge in [0, 0.05) is 26.2 Å². The first kappa shape index (κ1) is 16.5. The lowest BCUT2D eigenvalue weighted by Gasteiger charge is -2.49. The van der Waals surface area contributed by atoms with Crippen molar-refractivity contribution in [3.8, 4) is 0 Å². The highest BCUT2D eigenvalue weighted by atomic mass is 16.5. The Bertz CT molecular complexity index is 528. The number of nitrogens with one attached hydrogen (secondary N) is 1. The quantitative estimate of drug-likeness (QED) is 0.854. The Balaban J connectivity index is 1.71. The van der Waals surface area contributed by atoms with E-state index in [9.17, 15) is 4.79 Å². The summed E-state index contributed by atoms with van der Waals surface area (Å²) >= 11 is 0. The standard InChI is InChI=1S/C18H28N2O3/c1-11-7-17(23-4)14(8-16(11)22-3)18(21)19-15-10-20-6-5-13(15)12(2)9-20/h7-8,12-15,17H,5-6,9-10H2,1-4H3,(H,19,21). The number of hydrogen-bond donors (Lipinski definition) is 1. The molecule has 5 heteroatoms. The number of carbonyl (C=O) groups is 1. The molecule has 2 bridgehead atoms. The summed E-state index contributed by atoms with van der Waals surface area (Å²) in [5, 5.41) is 3.28. The lowest BCUT2D eigenvalue weighted by atomic mass is 9.76. The van der Waals surface area contributed by atoms with Crippen LogP contribution >= 0.6 is 0 Å². The predicted octanol–water partition coefficient (Wildman–Crippen LogP) is 1.56. The first-order valence-electron chi connectivity index (χ1n) is 8.53. The Labute approximate surface area is 138 Å². The first-order valence-corrected chi connectivity index (χ1v) is 8.53. The van der Waals surface area contributed by atoms with Gasteiger partial charge in [-0.1, -0.05) is 6.92 Å². The largest absolute Gasteiger partial charge is 0.497 e. The number of nitrogens with zero attached hydrogens (tertiary/aromatic N) is 1. The Morgan fingerprint density at radius 1 is 1.30 bits per heavy atom. The van der Waals surface area contributed by atoms with E-state index in [0.717, 1.165) is 24.4 Å². The minimum absolute atomic E-state index is 0.0427. The van der Waals surface area contributed by atoms with Gasteiger partial charge in [-0.05, 0) is 49.5 Å². The minimum Gasteiger partial charge on any atom is -0.497 e. The minimum atomic E-state index is -0.329. The summed E-state index contributed by atoms with van der Waals surface area (Å²) in [6, 6.07) is 0.254. The number of piperidine rings is 3. The maximum absolute atomic E-state index is 12.8. The summed E-state index contributed by atoms with van der Waals surface area (Å²) in [7, 11) is 3.29. The second kappa shape index (κ2) is 6.65. The van der Waals surface area contributed by atoms with Crippen molar-refractivity contribution in [2.75, 3.05) is 33.9 Å². The van der Waals surface area contributed by atoms with Crippen LogP contribution in [0.5, 0.6) is 0 Å². The van der Waals surface area contributed by atoms with Crippen LogP contribution in [0, 0.1) is 17.8 Å². The molecule has 1 amide bonds. The van der Waals surface area contributed by atoms with E-state index in [1.807, 2.05) is 19.1 Å². The molecule has 0 saturated carbocycles. The summed E-state index contributed by atoms with van der Waals surface area (Å²) < 4.78 is 10.9. The highest BCUT2D eigenvalue weighted by molar-refractivity contribution is 5.82. The van der Waals surface area contributed by atoms with E-state index in [2.05, 4.69) is 17.1 Å². The van der Waals surface area contributed by atoms with Crippen LogP contribution < -0.4 is 5.32 Å². The SMILES string of the molecule is COC1=CC(C(=O)NC2CN3CCC2C(C)C3)C(OC)C=C1C. The van der Waals surface area contributed by atoms with Gasteiger partial charge in [0.2, 0.25) is 5.91 Å². The Morgan fingerprint density at radius 2 is 2.09 bits per heavy atom. The molecular weight excluding hydrogens is 292 g/mol. The van der Waals surface area contributed by atoms with Crippen LogP contribution in [0.25, 0.3) is 0 Å². The number of fused-ring (bicyclic) bond motifs is 3. The molecule has 0 spiro atoms. The predicted molar refractivity (Wildman–Crippen MR) is 88.8 cm³/mol. The maximum Gasteiger partial charge on any atom is 0.230 e. The maximum atomic E-state index is 12.8. The third kappa shape index (κ3) is 3.17. The van der Waals surface area contributed by atoms with Crippen LogP contribution in [0.3, 0.4) is 0 Å². The van der Waals surface area contributed by atoms with Gasteiger partial charge in [-0.15, -0.1) is 0 Å². The van der Waals surface area contributed by atoms with Crippen molar-refractivity contribution in [2.45, 2.75) is 32.4 Å². The first-order chi connectivity index (χ1) is 11.0. The van der Waals surface area contributed by atoms with Crippen molar-refractivity contribution in [3.05, 3.63) is 23.5 Å². The van der Waals surface area contributed by atoms with Crippen LogP contribution in [0.15, 0.2) is 23.5 Å². The number of amides is 1. The molecule has 3 fully saturated rings. The molecule has 3 aliphatic heterocycles. The van der Waals surface area contributed by atoms with Crippen LogP contribution in [-0.2, 0) is 14.3 Å². The Morgan fingerprint density at radius 3 is 2.70 bits per heavy atom. The molecule has 0 aromatic rings. The van der Waals surface area contributed by atoms with E-state index in [4.69, 9.17) is 9.47 Å². The lowest BCUT2D eigenvalue weighted by Crippen LogP contribution is -2.61. The van der Waals surface area contributed by atoms with Crippen molar-refractivity contribution in [3.63, 3.8) is 0 Å². The monoisotopic (exact) mass is 320 g/mol. The zero-order valence-electron chi connectivity index (χ0n) is 14.5. The summed E-state index contributed by atoms with van der Waals surface area (Å²) in [4.78, 5) is 15.3. The molecule has 3 heterocycles. The molecule has 5 nitrogen and oxygen atoms in total. The highest BCUT2D eigenvalue weighted by Gasteiger charge is 2.41. The molecule has 0 aromatic heterocycles. The molecule has 1 aliphatic carbocycles. The van der Waals surface area contributed by atoms with Crippen molar-refractivity contribution in [2.24, 2.45) is 17.8 Å². The molecule has 1 N–H and O–H groups in total. The molecule has 4 rings (SSSR count). The fourth-order valence-electron chi connectivity index (χ4n) is 4.35. The fraction of sp³-hybridized carbons (Fsp3) is 0.722. The van der Waals surface area contributed by atoms with Gasteiger partial charge in [0.15, 0.2) is 0 Å². The van der Waals surface area contributed by atoms with Crippen LogP contribution in [-0.4, -0.2) is 56.8 Å². The fourth-order valence-corrected chi connectivity index (χ4v) is 4.35. The van der Waals surface area contributed by atoms with Crippen LogP contribution in [0.2, 0.25) is 0 Å². The number of ether oxygens (including phenoxy) is 2. The van der Waals surface area contributed by atoms with Gasteiger partial charge in [0.05, 0.1) is 19.1 Å². The Hall–Kier alpha value is -1.33. The van der Waals surface area contributed by atoms with E-state index >= 15 is 0 Å². The molecule has 4 aliphatic rings. The van der Waals surface area contributed by atoms with Crippen LogP contribution in [0.4, 0.5) is 0 Å². The van der Waals surface area contributed by atoms with Gasteiger partial charge in [-0.25, -0.2) is 0 Å². The second-order valence-electron chi connectivity index (χ2n) is 7.12. The van der Waals surface area contributed by atoms with Gasteiger partial charge < -0.3 is 19.7 Å². The second-order valence-corrected chi connectivity index (χ2v) is 7.12. The number of hydrogen-bond acceptors (Lipinski definition) is 4. The molecule has 0 aromatic carbocycles.